The number of thiol groups is 1. The molecule has 0 unspecified atom stereocenters. The number of nitrogens with zero attached hydrogens (tertiary/aromatic N) is 1. The van der Waals surface area contributed by atoms with E-state index in [1.165, 1.54) is 0 Å². The molecule has 0 saturated heterocycles. The summed E-state index contributed by atoms with van der Waals surface area (Å²) in [5.74, 6) is -0.609. The van der Waals surface area contributed by atoms with Crippen molar-refractivity contribution in [2.45, 2.75) is 0 Å². The van der Waals surface area contributed by atoms with Crippen molar-refractivity contribution in [2.75, 3.05) is 0 Å². The fourth-order valence-electron chi connectivity index (χ4n) is 1.05. The number of nitriles is 1. The van der Waals surface area contributed by atoms with Gasteiger partial charge >= 0.3 is 0 Å². The van der Waals surface area contributed by atoms with Gasteiger partial charge in [-0.15, -0.1) is 0 Å². The van der Waals surface area contributed by atoms with E-state index in [2.05, 4.69) is 17.5 Å². The zero-order valence-electron chi connectivity index (χ0n) is 7.77. The van der Waals surface area contributed by atoms with Crippen molar-refractivity contribution < 1.29 is 4.79 Å². The average molecular weight is 219 g/mol. The first-order valence-corrected chi connectivity index (χ1v) is 4.55. The third-order valence-corrected chi connectivity index (χ3v) is 2.00. The highest BCUT2D eigenvalue weighted by Gasteiger charge is 2.12. The number of rotatable bonds is 2. The van der Waals surface area contributed by atoms with Crippen molar-refractivity contribution in [2.24, 2.45) is 5.73 Å². The van der Waals surface area contributed by atoms with Crippen LogP contribution < -0.4 is 10.5 Å². The van der Waals surface area contributed by atoms with Crippen molar-refractivity contribution >= 4 is 24.4 Å². The maximum atomic E-state index is 11.2. The highest BCUT2D eigenvalue weighted by molar-refractivity contribution is 7.78. The van der Waals surface area contributed by atoms with Gasteiger partial charge in [-0.2, -0.15) is 5.26 Å². The van der Waals surface area contributed by atoms with Crippen molar-refractivity contribution in [3.05, 3.63) is 41.5 Å². The molecule has 1 amide bonds. The fourth-order valence-corrected chi connectivity index (χ4v) is 1.16. The lowest BCUT2D eigenvalue weighted by atomic mass is 10.1. The predicted molar refractivity (Wildman–Crippen MR) is 60.3 cm³/mol. The smallest absolute Gasteiger partial charge is 0.273 e. The molecular formula is C10H9N3OS. The topological polar surface area (TPSA) is 78.9 Å². The molecule has 76 valence electrons. The Bertz CT molecular complexity index is 434. The van der Waals surface area contributed by atoms with Gasteiger partial charge in [0, 0.05) is 0 Å². The van der Waals surface area contributed by atoms with E-state index in [0.717, 1.165) is 0 Å². The molecule has 1 aromatic carbocycles. The molecular weight excluding hydrogens is 210 g/mol. The van der Waals surface area contributed by atoms with Gasteiger partial charge < -0.3 is 5.73 Å². The lowest BCUT2D eigenvalue weighted by Gasteiger charge is -2.03. The summed E-state index contributed by atoms with van der Waals surface area (Å²) in [6.07, 6.45) is 0. The Morgan fingerprint density at radius 3 is 2.47 bits per heavy atom. The minimum Gasteiger partial charge on any atom is -0.397 e. The predicted octanol–water partition coefficient (Wildman–Crippen LogP) is 0.841. The van der Waals surface area contributed by atoms with E-state index >= 15 is 0 Å². The normalized spacial score (nSPS) is 11.2. The Labute approximate surface area is 92.9 Å². The molecule has 0 radical (unpaired) electrons. The number of hydrogen-bond acceptors (Lipinski definition) is 4. The molecule has 0 aliphatic rings. The number of benzene rings is 1. The van der Waals surface area contributed by atoms with E-state index in [9.17, 15) is 4.79 Å². The number of carbonyl (C=O) groups excluding carboxylic acids is 1. The summed E-state index contributed by atoms with van der Waals surface area (Å²) in [6, 6.07) is 10.6. The van der Waals surface area contributed by atoms with Crippen LogP contribution >= 0.6 is 12.8 Å². The zero-order valence-corrected chi connectivity index (χ0v) is 8.66. The van der Waals surface area contributed by atoms with Crippen LogP contribution in [0.3, 0.4) is 0 Å². The molecule has 0 bridgehead atoms. The van der Waals surface area contributed by atoms with Gasteiger partial charge in [0.05, 0.1) is 5.70 Å². The number of hydrogen-bond donors (Lipinski definition) is 3. The molecule has 0 aliphatic carbocycles. The van der Waals surface area contributed by atoms with E-state index in [-0.39, 0.29) is 11.3 Å². The first kappa shape index (κ1) is 11.1. The average Bonchev–Trinajstić information content (AvgIpc) is 2.30. The number of carbonyl (C=O) groups is 1. The van der Waals surface area contributed by atoms with Crippen molar-refractivity contribution in [3.8, 4) is 6.07 Å². The van der Waals surface area contributed by atoms with E-state index in [4.69, 9.17) is 11.0 Å². The van der Waals surface area contributed by atoms with Crippen LogP contribution in [0.1, 0.15) is 5.56 Å². The van der Waals surface area contributed by atoms with Crippen molar-refractivity contribution in [1.82, 2.24) is 4.72 Å². The minimum atomic E-state index is -0.609. The summed E-state index contributed by atoms with van der Waals surface area (Å²) in [5, 5.41) is 8.78. The van der Waals surface area contributed by atoms with Gasteiger partial charge in [-0.3, -0.25) is 9.52 Å². The fraction of sp³-hybridized carbons (Fsp3) is 0. The van der Waals surface area contributed by atoms with Gasteiger partial charge in [0.25, 0.3) is 5.91 Å². The largest absolute Gasteiger partial charge is 0.397 e. The summed E-state index contributed by atoms with van der Waals surface area (Å²) < 4.78 is 2.06. The van der Waals surface area contributed by atoms with Gasteiger partial charge in [-0.1, -0.05) is 43.1 Å². The second-order valence-corrected chi connectivity index (χ2v) is 2.93. The Kier molecular flexibility index (Phi) is 3.77. The van der Waals surface area contributed by atoms with Crippen molar-refractivity contribution in [3.63, 3.8) is 0 Å². The third-order valence-electron chi connectivity index (χ3n) is 1.79. The van der Waals surface area contributed by atoms with E-state index in [0.29, 0.717) is 5.56 Å². The van der Waals surface area contributed by atoms with Gasteiger partial charge in [-0.25, -0.2) is 0 Å². The van der Waals surface area contributed by atoms with Crippen LogP contribution in [0.2, 0.25) is 0 Å². The molecule has 0 fully saturated rings. The summed E-state index contributed by atoms with van der Waals surface area (Å²) in [4.78, 5) is 11.2. The molecule has 0 spiro atoms. The van der Waals surface area contributed by atoms with Crippen molar-refractivity contribution in [1.29, 1.82) is 5.26 Å². The van der Waals surface area contributed by atoms with Crippen LogP contribution in [0, 0.1) is 11.3 Å². The molecule has 4 nitrogen and oxygen atoms in total. The summed E-state index contributed by atoms with van der Waals surface area (Å²) in [6.45, 7) is 0. The highest BCUT2D eigenvalue weighted by Crippen LogP contribution is 2.12. The third kappa shape index (κ3) is 2.51. The minimum absolute atomic E-state index is 0.142. The molecule has 15 heavy (non-hydrogen) atoms. The summed E-state index contributed by atoms with van der Waals surface area (Å²) >= 11 is 3.58. The monoisotopic (exact) mass is 219 g/mol. The van der Waals surface area contributed by atoms with E-state index in [1.54, 1.807) is 30.3 Å². The lowest BCUT2D eigenvalue weighted by Crippen LogP contribution is -2.18. The number of nitrogens with two attached hydrogens (primary N) is 1. The molecule has 0 heterocycles. The Morgan fingerprint density at radius 2 is 2.00 bits per heavy atom. The Balaban J connectivity index is 3.20. The van der Waals surface area contributed by atoms with Crippen LogP contribution in [-0.4, -0.2) is 5.91 Å². The first-order chi connectivity index (χ1) is 7.20. The molecule has 0 aliphatic heterocycles. The maximum absolute atomic E-state index is 11.2. The highest BCUT2D eigenvalue weighted by atomic mass is 32.1. The van der Waals surface area contributed by atoms with Gasteiger partial charge in [-0.05, 0) is 5.56 Å². The molecule has 3 N–H and O–H groups in total. The second-order valence-electron chi connectivity index (χ2n) is 2.71. The van der Waals surface area contributed by atoms with Crippen LogP contribution in [0.15, 0.2) is 35.9 Å². The molecule has 1 rings (SSSR count). The van der Waals surface area contributed by atoms with Crippen LogP contribution in [0.25, 0.3) is 5.70 Å². The van der Waals surface area contributed by atoms with Gasteiger partial charge in [0.15, 0.2) is 0 Å². The molecule has 1 aromatic rings. The Hall–Kier alpha value is -1.93. The van der Waals surface area contributed by atoms with E-state index in [1.807, 2.05) is 6.07 Å². The number of nitrogens with one attached hydrogen (secondary N) is 1. The molecule has 5 heteroatoms. The van der Waals surface area contributed by atoms with E-state index < -0.39 is 5.91 Å². The SMILES string of the molecule is N#C/C(C(=O)NS)=C(/N)c1ccccc1. The molecule has 0 aromatic heterocycles. The number of amides is 1. The van der Waals surface area contributed by atoms with Gasteiger partial charge in [0.2, 0.25) is 0 Å². The lowest BCUT2D eigenvalue weighted by molar-refractivity contribution is -0.115. The molecule has 0 atom stereocenters. The zero-order chi connectivity index (χ0) is 11.3. The Morgan fingerprint density at radius 1 is 1.40 bits per heavy atom. The summed E-state index contributed by atoms with van der Waals surface area (Å²) in [7, 11) is 0. The molecule has 0 saturated carbocycles. The second kappa shape index (κ2) is 5.08. The van der Waals surface area contributed by atoms with Crippen LogP contribution in [0.4, 0.5) is 0 Å². The quantitative estimate of drug-likeness (QED) is 0.392. The van der Waals surface area contributed by atoms with Gasteiger partial charge in [0.1, 0.15) is 11.6 Å². The standard InChI is InChI=1S/C10H9N3OS/c11-6-8(10(14)13-15)9(12)7-4-2-1-3-5-7/h1-5,15H,12H2,(H,13,14)/b9-8-. The van der Waals surface area contributed by atoms with Crippen LogP contribution in [-0.2, 0) is 4.79 Å². The van der Waals surface area contributed by atoms with Crippen LogP contribution in [0.5, 0.6) is 0 Å². The first-order valence-electron chi connectivity index (χ1n) is 4.10. The maximum Gasteiger partial charge on any atom is 0.273 e. The summed E-state index contributed by atoms with van der Waals surface area (Å²) in [5.41, 5.74) is 6.32.